The van der Waals surface area contributed by atoms with Gasteiger partial charge in [-0.2, -0.15) is 5.10 Å². The third kappa shape index (κ3) is 2.51. The number of pyridine rings is 1. The molecule has 5 rings (SSSR count). The van der Waals surface area contributed by atoms with E-state index < -0.39 is 0 Å². The molecular formula is C19H18N6O3. The average Bonchev–Trinajstić information content (AvgIpc) is 3.28. The second-order valence-electron chi connectivity index (χ2n) is 6.76. The lowest BCUT2D eigenvalue weighted by Crippen LogP contribution is -2.40. The lowest BCUT2D eigenvalue weighted by Gasteiger charge is -2.27. The van der Waals surface area contributed by atoms with Crippen LogP contribution in [-0.4, -0.2) is 61.7 Å². The molecule has 0 aliphatic carbocycles. The van der Waals surface area contributed by atoms with Gasteiger partial charge in [0.15, 0.2) is 5.65 Å². The highest BCUT2D eigenvalue weighted by Gasteiger charge is 2.20. The molecule has 0 atom stereocenters. The topological polar surface area (TPSA) is 98.0 Å². The van der Waals surface area contributed by atoms with Crippen molar-refractivity contribution in [2.45, 2.75) is 0 Å². The lowest BCUT2D eigenvalue weighted by atomic mass is 10.1. The van der Waals surface area contributed by atoms with Gasteiger partial charge in [-0.25, -0.2) is 9.67 Å². The Balaban J connectivity index is 1.60. The molecular weight excluding hydrogens is 360 g/mol. The maximum atomic E-state index is 12.9. The number of H-pyrrole nitrogens is 1. The van der Waals surface area contributed by atoms with Gasteiger partial charge in [-0.1, -0.05) is 6.07 Å². The first-order chi connectivity index (χ1) is 13.6. The van der Waals surface area contributed by atoms with Crippen LogP contribution in [0.3, 0.4) is 0 Å². The van der Waals surface area contributed by atoms with Crippen LogP contribution in [0.15, 0.2) is 41.5 Å². The van der Waals surface area contributed by atoms with Gasteiger partial charge in [0.05, 0.1) is 41.4 Å². The Bertz CT molecular complexity index is 1260. The molecule has 4 heterocycles. The number of aromatic nitrogens is 5. The second kappa shape index (κ2) is 6.31. The molecule has 0 radical (unpaired) electrons. The normalized spacial score (nSPS) is 14.8. The molecule has 0 bridgehead atoms. The number of aryl methyl sites for hydroxylation is 1. The van der Waals surface area contributed by atoms with Gasteiger partial charge in [-0.05, 0) is 18.2 Å². The highest BCUT2D eigenvalue weighted by molar-refractivity contribution is 6.01. The Morgan fingerprint density at radius 2 is 2.00 bits per heavy atom. The largest absolute Gasteiger partial charge is 0.378 e. The van der Waals surface area contributed by atoms with E-state index in [1.54, 1.807) is 53.3 Å². The quantitative estimate of drug-likeness (QED) is 0.563. The van der Waals surface area contributed by atoms with E-state index in [4.69, 9.17) is 4.74 Å². The highest BCUT2D eigenvalue weighted by atomic mass is 16.5. The zero-order valence-electron chi connectivity index (χ0n) is 15.3. The van der Waals surface area contributed by atoms with E-state index in [9.17, 15) is 9.59 Å². The molecule has 142 valence electrons. The minimum atomic E-state index is -0.218. The van der Waals surface area contributed by atoms with Crippen LogP contribution in [0.2, 0.25) is 0 Å². The van der Waals surface area contributed by atoms with Gasteiger partial charge in [0, 0.05) is 31.9 Å². The molecule has 0 saturated carbocycles. The van der Waals surface area contributed by atoms with Crippen LogP contribution < -0.4 is 5.56 Å². The fraction of sp³-hybridized carbons (Fsp3) is 0.263. The van der Waals surface area contributed by atoms with Crippen LogP contribution in [0.4, 0.5) is 0 Å². The average molecular weight is 378 g/mol. The number of carbonyl (C=O) groups is 1. The van der Waals surface area contributed by atoms with Gasteiger partial charge in [0.2, 0.25) is 0 Å². The van der Waals surface area contributed by atoms with Crippen molar-refractivity contribution in [3.63, 3.8) is 0 Å². The number of carbonyl (C=O) groups excluding carboxylic acids is 1. The van der Waals surface area contributed by atoms with Gasteiger partial charge in [-0.3, -0.25) is 19.4 Å². The van der Waals surface area contributed by atoms with Crippen LogP contribution in [0.1, 0.15) is 10.4 Å². The van der Waals surface area contributed by atoms with Gasteiger partial charge in [0.25, 0.3) is 11.5 Å². The van der Waals surface area contributed by atoms with Crippen molar-refractivity contribution in [2.24, 2.45) is 7.05 Å². The van der Waals surface area contributed by atoms with Crippen LogP contribution >= 0.6 is 0 Å². The molecule has 28 heavy (non-hydrogen) atoms. The minimum absolute atomic E-state index is 0.0642. The first-order valence-corrected chi connectivity index (χ1v) is 9.02. The van der Waals surface area contributed by atoms with Gasteiger partial charge in [0.1, 0.15) is 0 Å². The molecule has 0 unspecified atom stereocenters. The summed E-state index contributed by atoms with van der Waals surface area (Å²) < 4.78 is 8.41. The smallest absolute Gasteiger partial charge is 0.280 e. The third-order valence-corrected chi connectivity index (χ3v) is 5.07. The summed E-state index contributed by atoms with van der Waals surface area (Å²) in [5, 5.41) is 8.61. The van der Waals surface area contributed by atoms with Crippen molar-refractivity contribution in [2.75, 3.05) is 26.3 Å². The lowest BCUT2D eigenvalue weighted by molar-refractivity contribution is 0.0303. The van der Waals surface area contributed by atoms with Crippen molar-refractivity contribution < 1.29 is 9.53 Å². The molecule has 1 N–H and O–H groups in total. The van der Waals surface area contributed by atoms with E-state index >= 15 is 0 Å². The van der Waals surface area contributed by atoms with Crippen molar-refractivity contribution >= 4 is 27.8 Å². The summed E-state index contributed by atoms with van der Waals surface area (Å²) >= 11 is 0. The molecule has 1 amide bonds. The summed E-state index contributed by atoms with van der Waals surface area (Å²) in [5.41, 5.74) is 2.28. The highest BCUT2D eigenvalue weighted by Crippen LogP contribution is 2.20. The number of morpholine rings is 1. The number of hydrogen-bond donors (Lipinski definition) is 1. The zero-order chi connectivity index (χ0) is 19.3. The molecule has 0 spiro atoms. The van der Waals surface area contributed by atoms with Crippen LogP contribution in [0.5, 0.6) is 0 Å². The fourth-order valence-corrected chi connectivity index (χ4v) is 3.57. The standard InChI is InChI=1S/C19H18N6O3/c1-23-17-14(11-21-23)16-15(10-20-17)19(27)25(22-16)13-4-2-3-12(9-13)18(26)24-5-7-28-8-6-24/h2-4,9-11,22H,5-8H2,1H3. The first-order valence-electron chi connectivity index (χ1n) is 9.02. The van der Waals surface area contributed by atoms with Crippen molar-refractivity contribution in [3.8, 4) is 5.69 Å². The number of fused-ring (bicyclic) bond motifs is 3. The maximum absolute atomic E-state index is 12.9. The minimum Gasteiger partial charge on any atom is -0.378 e. The molecule has 1 saturated heterocycles. The SMILES string of the molecule is Cn1ncc2c3[nH]n(-c4cccc(C(=O)N5CCOCC5)c4)c(=O)c3cnc21. The number of benzene rings is 1. The number of rotatable bonds is 2. The van der Waals surface area contributed by atoms with Crippen molar-refractivity contribution in [1.29, 1.82) is 0 Å². The Kier molecular flexibility index (Phi) is 3.76. The van der Waals surface area contributed by atoms with Crippen molar-refractivity contribution in [3.05, 3.63) is 52.6 Å². The molecule has 1 aliphatic heterocycles. The Hall–Kier alpha value is -3.46. The fourth-order valence-electron chi connectivity index (χ4n) is 3.57. The summed E-state index contributed by atoms with van der Waals surface area (Å²) in [7, 11) is 1.80. The van der Waals surface area contributed by atoms with Crippen LogP contribution in [0.25, 0.3) is 27.6 Å². The number of nitrogens with one attached hydrogen (secondary N) is 1. The summed E-state index contributed by atoms with van der Waals surface area (Å²) in [6, 6.07) is 7.05. The molecule has 9 nitrogen and oxygen atoms in total. The molecule has 1 aromatic carbocycles. The summed E-state index contributed by atoms with van der Waals surface area (Å²) in [5.74, 6) is -0.0642. The van der Waals surface area contributed by atoms with E-state index in [1.807, 2.05) is 0 Å². The number of nitrogens with zero attached hydrogens (tertiary/aromatic N) is 5. The molecule has 4 aromatic rings. The predicted molar refractivity (Wildman–Crippen MR) is 103 cm³/mol. The Labute approximate surface area is 159 Å². The number of aromatic amines is 1. The second-order valence-corrected chi connectivity index (χ2v) is 6.76. The molecule has 9 heteroatoms. The summed E-state index contributed by atoms with van der Waals surface area (Å²) in [6.45, 7) is 2.22. The van der Waals surface area contributed by atoms with Gasteiger partial charge < -0.3 is 9.64 Å². The van der Waals surface area contributed by atoms with E-state index in [1.165, 1.54) is 4.68 Å². The van der Waals surface area contributed by atoms with Gasteiger partial charge >= 0.3 is 0 Å². The van der Waals surface area contributed by atoms with E-state index in [2.05, 4.69) is 15.2 Å². The zero-order valence-corrected chi connectivity index (χ0v) is 15.3. The van der Waals surface area contributed by atoms with Crippen LogP contribution in [0, 0.1) is 0 Å². The van der Waals surface area contributed by atoms with E-state index in [-0.39, 0.29) is 11.5 Å². The monoisotopic (exact) mass is 378 g/mol. The summed E-state index contributed by atoms with van der Waals surface area (Å²) in [4.78, 5) is 31.8. The molecule has 1 fully saturated rings. The van der Waals surface area contributed by atoms with Crippen molar-refractivity contribution in [1.82, 2.24) is 29.4 Å². The summed E-state index contributed by atoms with van der Waals surface area (Å²) in [6.07, 6.45) is 3.24. The van der Waals surface area contributed by atoms with Gasteiger partial charge in [-0.15, -0.1) is 0 Å². The third-order valence-electron chi connectivity index (χ3n) is 5.07. The number of amides is 1. The molecule has 3 aromatic heterocycles. The Morgan fingerprint density at radius 3 is 2.82 bits per heavy atom. The van der Waals surface area contributed by atoms with E-state index in [0.717, 1.165) is 5.39 Å². The predicted octanol–water partition coefficient (Wildman–Crippen LogP) is 1.07. The van der Waals surface area contributed by atoms with E-state index in [0.29, 0.717) is 54.1 Å². The number of hydrogen-bond acceptors (Lipinski definition) is 5. The maximum Gasteiger partial charge on any atom is 0.280 e. The number of ether oxygens (including phenoxy) is 1. The Morgan fingerprint density at radius 1 is 1.18 bits per heavy atom. The first kappa shape index (κ1) is 16.7. The van der Waals surface area contributed by atoms with Crippen LogP contribution in [-0.2, 0) is 11.8 Å². The molecule has 1 aliphatic rings.